The molecule has 4 aromatic rings. The Kier molecular flexibility index (Phi) is 3.55. The lowest BCUT2D eigenvalue weighted by atomic mass is 10.1. The summed E-state index contributed by atoms with van der Waals surface area (Å²) in [5.74, 6) is 0.170. The molecule has 6 nitrogen and oxygen atoms in total. The van der Waals surface area contributed by atoms with Crippen molar-refractivity contribution in [3.8, 4) is 11.5 Å². The number of aromatic nitrogens is 6. The van der Waals surface area contributed by atoms with E-state index in [9.17, 15) is 13.2 Å². The lowest BCUT2D eigenvalue weighted by Gasteiger charge is -2.04. The van der Waals surface area contributed by atoms with Crippen LogP contribution in [0.5, 0.6) is 0 Å². The van der Waals surface area contributed by atoms with Gasteiger partial charge in [-0.05, 0) is 37.3 Å². The highest BCUT2D eigenvalue weighted by Gasteiger charge is 2.35. The van der Waals surface area contributed by atoms with E-state index in [1.165, 1.54) is 34.8 Å². The average Bonchev–Trinajstić information content (AvgIpc) is 3.24. The van der Waals surface area contributed by atoms with Gasteiger partial charge in [-0.2, -0.15) is 18.3 Å². The quantitative estimate of drug-likeness (QED) is 0.459. The third kappa shape index (κ3) is 2.61. The van der Waals surface area contributed by atoms with Gasteiger partial charge in [0, 0.05) is 11.9 Å². The van der Waals surface area contributed by atoms with Gasteiger partial charge in [-0.1, -0.05) is 6.42 Å². The molecule has 0 aliphatic heterocycles. The number of rotatable bonds is 1. The Morgan fingerprint density at radius 1 is 1.11 bits per heavy atom. The summed E-state index contributed by atoms with van der Waals surface area (Å²) in [6, 6.07) is 0.980. The molecule has 0 saturated heterocycles. The molecule has 0 saturated carbocycles. The van der Waals surface area contributed by atoms with Crippen LogP contribution in [0.25, 0.3) is 27.4 Å². The van der Waals surface area contributed by atoms with Crippen molar-refractivity contribution in [1.82, 2.24) is 29.4 Å². The number of hydrogen-bond donors (Lipinski definition) is 0. The van der Waals surface area contributed by atoms with Crippen LogP contribution in [0.2, 0.25) is 0 Å². The van der Waals surface area contributed by atoms with Crippen LogP contribution < -0.4 is 0 Å². The summed E-state index contributed by atoms with van der Waals surface area (Å²) in [6.07, 6.45) is 2.60. The largest absolute Gasteiger partial charge is 0.433 e. The summed E-state index contributed by atoms with van der Waals surface area (Å²) in [5.41, 5.74) is 1.17. The first kappa shape index (κ1) is 16.7. The van der Waals surface area contributed by atoms with Crippen molar-refractivity contribution in [3.05, 3.63) is 28.5 Å². The molecule has 0 radical (unpaired) electrons. The molecule has 1 aliphatic carbocycles. The van der Waals surface area contributed by atoms with Crippen molar-refractivity contribution in [3.63, 3.8) is 0 Å². The first-order valence-electron chi connectivity index (χ1n) is 8.69. The summed E-state index contributed by atoms with van der Waals surface area (Å²) in [4.78, 5) is 11.3. The van der Waals surface area contributed by atoms with Crippen molar-refractivity contribution in [2.45, 2.75) is 38.3 Å². The first-order chi connectivity index (χ1) is 12.9. The molecule has 0 amide bonds. The highest BCUT2D eigenvalue weighted by Crippen LogP contribution is 2.37. The molecule has 0 unspecified atom stereocenters. The van der Waals surface area contributed by atoms with Crippen LogP contribution in [0, 0.1) is 0 Å². The van der Waals surface area contributed by atoms with Gasteiger partial charge in [-0.25, -0.2) is 14.5 Å². The molecule has 0 atom stereocenters. The Balaban J connectivity index is 1.70. The van der Waals surface area contributed by atoms with Crippen LogP contribution in [0.3, 0.4) is 0 Å². The Hall–Kier alpha value is -2.49. The molecule has 4 heterocycles. The predicted molar refractivity (Wildman–Crippen MR) is 94.6 cm³/mol. The van der Waals surface area contributed by atoms with E-state index >= 15 is 0 Å². The fourth-order valence-corrected chi connectivity index (χ4v) is 4.91. The molecular weight excluding hydrogens is 377 g/mol. The monoisotopic (exact) mass is 392 g/mol. The maximum absolute atomic E-state index is 13.1. The molecule has 4 aromatic heterocycles. The number of hydrogen-bond acceptors (Lipinski definition) is 5. The maximum atomic E-state index is 13.1. The van der Waals surface area contributed by atoms with Crippen molar-refractivity contribution in [2.24, 2.45) is 7.05 Å². The fraction of sp³-hybridized carbons (Fsp3) is 0.412. The van der Waals surface area contributed by atoms with E-state index in [0.717, 1.165) is 40.2 Å². The standard InChI is InChI=1S/C17H15F3N6S/c1-25-12(17(18,19)20)7-10(23-25)14-22-15-13-9-5-3-2-4-6-11(9)27-16(13)21-8-26(15)24-14/h7-8H,2-6H2,1H3. The van der Waals surface area contributed by atoms with Gasteiger partial charge in [0.25, 0.3) is 0 Å². The fourth-order valence-electron chi connectivity index (χ4n) is 3.68. The van der Waals surface area contributed by atoms with Crippen molar-refractivity contribution >= 4 is 27.2 Å². The van der Waals surface area contributed by atoms with Gasteiger partial charge >= 0.3 is 6.18 Å². The van der Waals surface area contributed by atoms with Gasteiger partial charge in [-0.3, -0.25) is 4.68 Å². The Morgan fingerprint density at radius 3 is 2.70 bits per heavy atom. The summed E-state index contributed by atoms with van der Waals surface area (Å²) in [5, 5.41) is 9.26. The van der Waals surface area contributed by atoms with Crippen molar-refractivity contribution in [1.29, 1.82) is 0 Å². The molecule has 1 aliphatic rings. The lowest BCUT2D eigenvalue weighted by Crippen LogP contribution is -2.11. The molecule has 10 heteroatoms. The second-order valence-corrected chi connectivity index (χ2v) is 7.81. The van der Waals surface area contributed by atoms with Crippen LogP contribution in [-0.2, 0) is 26.1 Å². The maximum Gasteiger partial charge on any atom is 0.433 e. The molecule has 140 valence electrons. The zero-order chi connectivity index (χ0) is 18.8. The van der Waals surface area contributed by atoms with Crippen LogP contribution in [0.15, 0.2) is 12.4 Å². The van der Waals surface area contributed by atoms with Gasteiger partial charge < -0.3 is 0 Å². The molecule has 5 rings (SSSR count). The van der Waals surface area contributed by atoms with Gasteiger partial charge in [0.1, 0.15) is 22.5 Å². The van der Waals surface area contributed by atoms with Crippen LogP contribution in [0.1, 0.15) is 35.4 Å². The molecule has 27 heavy (non-hydrogen) atoms. The topological polar surface area (TPSA) is 60.9 Å². The van der Waals surface area contributed by atoms with E-state index in [-0.39, 0.29) is 11.5 Å². The SMILES string of the molecule is Cn1nc(-c2nc3c4c5c(sc4ncn3n2)CCCCC5)cc1C(F)(F)F. The van der Waals surface area contributed by atoms with Gasteiger partial charge in [0.05, 0.1) is 5.39 Å². The van der Waals surface area contributed by atoms with Crippen molar-refractivity contribution < 1.29 is 13.2 Å². The highest BCUT2D eigenvalue weighted by molar-refractivity contribution is 7.19. The number of halogens is 3. The van der Waals surface area contributed by atoms with Crippen LogP contribution in [0.4, 0.5) is 13.2 Å². The Morgan fingerprint density at radius 2 is 1.93 bits per heavy atom. The third-order valence-corrected chi connectivity index (χ3v) is 6.14. The number of aryl methyl sites for hydroxylation is 3. The van der Waals surface area contributed by atoms with Gasteiger partial charge in [-0.15, -0.1) is 16.4 Å². The zero-order valence-electron chi connectivity index (χ0n) is 14.4. The molecule has 0 spiro atoms. The minimum absolute atomic E-state index is 0.1000. The zero-order valence-corrected chi connectivity index (χ0v) is 15.2. The molecule has 0 aromatic carbocycles. The van der Waals surface area contributed by atoms with E-state index in [2.05, 4.69) is 20.2 Å². The summed E-state index contributed by atoms with van der Waals surface area (Å²) in [6.45, 7) is 0. The van der Waals surface area contributed by atoms with E-state index in [0.29, 0.717) is 5.65 Å². The average molecular weight is 392 g/mol. The number of fused-ring (bicyclic) bond motifs is 5. The smallest absolute Gasteiger partial charge is 0.263 e. The summed E-state index contributed by atoms with van der Waals surface area (Å²) in [7, 11) is 1.26. The molecule has 0 bridgehead atoms. The molecule has 0 fully saturated rings. The summed E-state index contributed by atoms with van der Waals surface area (Å²) >= 11 is 1.68. The van der Waals surface area contributed by atoms with E-state index < -0.39 is 11.9 Å². The van der Waals surface area contributed by atoms with Gasteiger partial charge in [0.15, 0.2) is 5.65 Å². The van der Waals surface area contributed by atoms with Crippen molar-refractivity contribution in [2.75, 3.05) is 0 Å². The lowest BCUT2D eigenvalue weighted by molar-refractivity contribution is -0.143. The number of thiophene rings is 1. The molecular formula is C17H15F3N6S. The highest BCUT2D eigenvalue weighted by atomic mass is 32.1. The first-order valence-corrected chi connectivity index (χ1v) is 9.51. The van der Waals surface area contributed by atoms with Gasteiger partial charge in [0.2, 0.25) is 5.82 Å². The van der Waals surface area contributed by atoms with E-state index in [1.807, 2.05) is 0 Å². The Bertz CT molecular complexity index is 1170. The van der Waals surface area contributed by atoms with E-state index in [1.54, 1.807) is 17.7 Å². The molecule has 0 N–H and O–H groups in total. The number of alkyl halides is 3. The minimum atomic E-state index is -4.47. The van der Waals surface area contributed by atoms with E-state index in [4.69, 9.17) is 0 Å². The normalized spacial score (nSPS) is 15.4. The second-order valence-electron chi connectivity index (χ2n) is 6.73. The summed E-state index contributed by atoms with van der Waals surface area (Å²) < 4.78 is 41.5. The van der Waals surface area contributed by atoms with Crippen LogP contribution in [-0.4, -0.2) is 29.4 Å². The van der Waals surface area contributed by atoms with Crippen LogP contribution >= 0.6 is 11.3 Å². The minimum Gasteiger partial charge on any atom is -0.263 e. The third-order valence-electron chi connectivity index (χ3n) is 4.94. The Labute approximate surface area is 155 Å². The predicted octanol–water partition coefficient (Wildman–Crippen LogP) is 4.03. The number of nitrogens with zero attached hydrogens (tertiary/aromatic N) is 6. The second kappa shape index (κ2) is 5.75.